The molecule has 2 atom stereocenters. The Hall–Kier alpha value is -1.07. The predicted molar refractivity (Wildman–Crippen MR) is 75.3 cm³/mol. The molecule has 1 aromatic carbocycles. The molecule has 20 heavy (non-hydrogen) atoms. The van der Waals surface area contributed by atoms with Crippen molar-refractivity contribution < 1.29 is 13.2 Å². The molecule has 0 amide bonds. The van der Waals surface area contributed by atoms with Crippen LogP contribution in [0.2, 0.25) is 0 Å². The summed E-state index contributed by atoms with van der Waals surface area (Å²) in [7, 11) is 1.96. The average molecular weight is 288 g/mol. The maximum absolute atomic E-state index is 12.5. The van der Waals surface area contributed by atoms with Crippen LogP contribution >= 0.6 is 0 Å². The van der Waals surface area contributed by atoms with Crippen LogP contribution < -0.4 is 5.73 Å². The van der Waals surface area contributed by atoms with E-state index in [2.05, 4.69) is 18.7 Å². The first-order chi connectivity index (χ1) is 9.29. The molecule has 0 heterocycles. The Morgan fingerprint density at radius 3 is 2.15 bits per heavy atom. The van der Waals surface area contributed by atoms with Gasteiger partial charge in [0, 0.05) is 19.1 Å². The number of alkyl halides is 3. The monoisotopic (exact) mass is 288 g/mol. The van der Waals surface area contributed by atoms with E-state index in [1.165, 1.54) is 12.1 Å². The first-order valence-electron chi connectivity index (χ1n) is 6.87. The first kappa shape index (κ1) is 17.0. The van der Waals surface area contributed by atoms with Crippen molar-refractivity contribution in [3.05, 3.63) is 35.4 Å². The minimum Gasteiger partial charge on any atom is -0.329 e. The van der Waals surface area contributed by atoms with Crippen LogP contribution in [0.3, 0.4) is 0 Å². The van der Waals surface area contributed by atoms with Crippen molar-refractivity contribution in [2.24, 2.45) is 11.7 Å². The highest BCUT2D eigenvalue weighted by molar-refractivity contribution is 5.27. The van der Waals surface area contributed by atoms with Gasteiger partial charge in [-0.2, -0.15) is 13.2 Å². The molecular weight excluding hydrogens is 265 g/mol. The molecule has 0 aliphatic carbocycles. The van der Waals surface area contributed by atoms with Gasteiger partial charge >= 0.3 is 6.18 Å². The highest BCUT2D eigenvalue weighted by Crippen LogP contribution is 2.30. The molecule has 0 aliphatic heterocycles. The molecule has 0 aromatic heterocycles. The van der Waals surface area contributed by atoms with E-state index in [4.69, 9.17) is 5.73 Å². The van der Waals surface area contributed by atoms with Crippen molar-refractivity contribution in [1.29, 1.82) is 0 Å². The maximum Gasteiger partial charge on any atom is 0.416 e. The number of nitrogens with two attached hydrogens (primary N) is 1. The molecule has 0 radical (unpaired) electrons. The topological polar surface area (TPSA) is 29.3 Å². The van der Waals surface area contributed by atoms with Gasteiger partial charge in [0.2, 0.25) is 0 Å². The van der Waals surface area contributed by atoms with Gasteiger partial charge in [0.15, 0.2) is 0 Å². The Morgan fingerprint density at radius 1 is 1.20 bits per heavy atom. The van der Waals surface area contributed by atoms with Crippen molar-refractivity contribution in [1.82, 2.24) is 4.90 Å². The van der Waals surface area contributed by atoms with Gasteiger partial charge in [0.25, 0.3) is 0 Å². The van der Waals surface area contributed by atoms with Gasteiger partial charge in [0.05, 0.1) is 5.56 Å². The van der Waals surface area contributed by atoms with E-state index in [1.54, 1.807) is 0 Å². The molecule has 5 heteroatoms. The van der Waals surface area contributed by atoms with E-state index in [0.717, 1.165) is 30.7 Å². The number of halogens is 3. The van der Waals surface area contributed by atoms with Crippen LogP contribution in [0.1, 0.15) is 37.4 Å². The lowest BCUT2D eigenvalue weighted by Gasteiger charge is -2.29. The van der Waals surface area contributed by atoms with E-state index in [9.17, 15) is 13.2 Å². The minimum absolute atomic E-state index is 0.0497. The van der Waals surface area contributed by atoms with Gasteiger partial charge in [-0.3, -0.25) is 4.90 Å². The summed E-state index contributed by atoms with van der Waals surface area (Å²) in [6.07, 6.45) is -3.23. The van der Waals surface area contributed by atoms with Crippen molar-refractivity contribution in [3.8, 4) is 0 Å². The highest BCUT2D eigenvalue weighted by Gasteiger charge is 2.30. The molecular formula is C15H23F3N2. The summed E-state index contributed by atoms with van der Waals surface area (Å²) in [5, 5.41) is 0. The number of hydrogen-bond donors (Lipinski definition) is 1. The average Bonchev–Trinajstić information content (AvgIpc) is 2.39. The molecule has 0 spiro atoms. The van der Waals surface area contributed by atoms with E-state index in [0.29, 0.717) is 12.5 Å². The highest BCUT2D eigenvalue weighted by atomic mass is 19.4. The Balaban J connectivity index is 2.85. The second-order valence-corrected chi connectivity index (χ2v) is 5.32. The molecule has 0 aliphatic rings. The Kier molecular flexibility index (Phi) is 6.02. The van der Waals surface area contributed by atoms with Gasteiger partial charge in [-0.25, -0.2) is 0 Å². The second-order valence-electron chi connectivity index (χ2n) is 5.32. The summed E-state index contributed by atoms with van der Waals surface area (Å²) in [6.45, 7) is 5.53. The fraction of sp³-hybridized carbons (Fsp3) is 0.600. The molecule has 2 nitrogen and oxygen atoms in total. The Labute approximate surface area is 118 Å². The molecule has 0 saturated heterocycles. The molecule has 114 valence electrons. The second kappa shape index (κ2) is 7.09. The molecule has 0 saturated carbocycles. The van der Waals surface area contributed by atoms with E-state index >= 15 is 0 Å². The van der Waals surface area contributed by atoms with Crippen LogP contribution in [0.15, 0.2) is 24.3 Å². The van der Waals surface area contributed by atoms with Crippen LogP contribution in [-0.2, 0) is 6.18 Å². The normalized spacial score (nSPS) is 15.4. The van der Waals surface area contributed by atoms with Crippen LogP contribution in [0.4, 0.5) is 13.2 Å². The van der Waals surface area contributed by atoms with Gasteiger partial charge in [0.1, 0.15) is 0 Å². The zero-order chi connectivity index (χ0) is 15.3. The molecule has 2 N–H and O–H groups in total. The fourth-order valence-corrected chi connectivity index (χ4v) is 2.21. The maximum atomic E-state index is 12.5. The SMILES string of the molecule is CCC(C)CN(C)C(CN)c1ccc(C(F)(F)F)cc1. The lowest BCUT2D eigenvalue weighted by Crippen LogP contribution is -2.33. The molecule has 1 rings (SSSR count). The smallest absolute Gasteiger partial charge is 0.329 e. The van der Waals surface area contributed by atoms with Gasteiger partial charge in [-0.05, 0) is 30.7 Å². The van der Waals surface area contributed by atoms with E-state index in [1.807, 2.05) is 7.05 Å². The largest absolute Gasteiger partial charge is 0.416 e. The number of rotatable bonds is 6. The molecule has 0 bridgehead atoms. The van der Waals surface area contributed by atoms with Crippen molar-refractivity contribution in [2.45, 2.75) is 32.5 Å². The summed E-state index contributed by atoms with van der Waals surface area (Å²) < 4.78 is 37.6. The summed E-state index contributed by atoms with van der Waals surface area (Å²) in [5.41, 5.74) is 5.98. The van der Waals surface area contributed by atoms with Gasteiger partial charge < -0.3 is 5.73 Å². The molecule has 2 unspecified atom stereocenters. The quantitative estimate of drug-likeness (QED) is 0.865. The Bertz CT molecular complexity index is 401. The molecule has 0 fully saturated rings. The predicted octanol–water partition coefficient (Wildman–Crippen LogP) is 3.68. The van der Waals surface area contributed by atoms with E-state index in [-0.39, 0.29) is 6.04 Å². The standard InChI is InChI=1S/C15H23F3N2/c1-4-11(2)10-20(3)14(9-19)12-5-7-13(8-6-12)15(16,17)18/h5-8,11,14H,4,9-10,19H2,1-3H3. The third kappa shape index (κ3) is 4.49. The number of likely N-dealkylation sites (N-methyl/N-ethyl adjacent to an activating group) is 1. The summed E-state index contributed by atoms with van der Waals surface area (Å²) in [6, 6.07) is 5.23. The van der Waals surface area contributed by atoms with Crippen molar-refractivity contribution >= 4 is 0 Å². The summed E-state index contributed by atoms with van der Waals surface area (Å²) in [4.78, 5) is 2.11. The van der Waals surface area contributed by atoms with Crippen LogP contribution in [0, 0.1) is 5.92 Å². The first-order valence-corrected chi connectivity index (χ1v) is 6.87. The minimum atomic E-state index is -4.29. The Morgan fingerprint density at radius 2 is 1.75 bits per heavy atom. The number of hydrogen-bond acceptors (Lipinski definition) is 2. The third-order valence-electron chi connectivity index (χ3n) is 3.67. The zero-order valence-electron chi connectivity index (χ0n) is 12.2. The zero-order valence-corrected chi connectivity index (χ0v) is 12.2. The van der Waals surface area contributed by atoms with Crippen LogP contribution in [-0.4, -0.2) is 25.0 Å². The number of nitrogens with zero attached hydrogens (tertiary/aromatic N) is 1. The fourth-order valence-electron chi connectivity index (χ4n) is 2.21. The van der Waals surface area contributed by atoms with Gasteiger partial charge in [-0.15, -0.1) is 0 Å². The summed E-state index contributed by atoms with van der Waals surface area (Å²) in [5.74, 6) is 0.531. The van der Waals surface area contributed by atoms with Crippen molar-refractivity contribution in [2.75, 3.05) is 20.1 Å². The van der Waals surface area contributed by atoms with E-state index < -0.39 is 11.7 Å². The summed E-state index contributed by atoms with van der Waals surface area (Å²) >= 11 is 0. The molecule has 1 aromatic rings. The lowest BCUT2D eigenvalue weighted by atomic mass is 10.0. The van der Waals surface area contributed by atoms with Crippen LogP contribution in [0.25, 0.3) is 0 Å². The third-order valence-corrected chi connectivity index (χ3v) is 3.67. The van der Waals surface area contributed by atoms with Crippen LogP contribution in [0.5, 0.6) is 0 Å². The van der Waals surface area contributed by atoms with Crippen molar-refractivity contribution in [3.63, 3.8) is 0 Å². The lowest BCUT2D eigenvalue weighted by molar-refractivity contribution is -0.137. The van der Waals surface area contributed by atoms with Gasteiger partial charge in [-0.1, -0.05) is 32.4 Å². The number of benzene rings is 1.